The van der Waals surface area contributed by atoms with Crippen LogP contribution >= 0.6 is 0 Å². The van der Waals surface area contributed by atoms with Crippen molar-refractivity contribution in [3.8, 4) is 6.07 Å². The second kappa shape index (κ2) is 5.78. The zero-order chi connectivity index (χ0) is 16.4. The average Bonchev–Trinajstić information content (AvgIpc) is 2.90. The first-order valence-electron chi connectivity index (χ1n) is 7.03. The number of nitrogens with one attached hydrogen (secondary N) is 2. The summed E-state index contributed by atoms with van der Waals surface area (Å²) in [5.74, 6) is -1.30. The third kappa shape index (κ3) is 2.70. The van der Waals surface area contributed by atoms with E-state index in [2.05, 4.69) is 10.3 Å². The van der Waals surface area contributed by atoms with Crippen molar-refractivity contribution < 1.29 is 9.59 Å². The van der Waals surface area contributed by atoms with E-state index >= 15 is 0 Å². The highest BCUT2D eigenvalue weighted by molar-refractivity contribution is 6.48. The predicted molar refractivity (Wildman–Crippen MR) is 87.2 cm³/mol. The normalized spacial score (nSPS) is 10.3. The van der Waals surface area contributed by atoms with E-state index in [1.165, 1.54) is 0 Å². The summed E-state index contributed by atoms with van der Waals surface area (Å²) in [6.07, 6.45) is 0. The summed E-state index contributed by atoms with van der Waals surface area (Å²) in [5, 5.41) is 12.0. The van der Waals surface area contributed by atoms with E-state index in [1.54, 1.807) is 37.3 Å². The van der Waals surface area contributed by atoms with Crippen LogP contribution in [0.5, 0.6) is 0 Å². The summed E-state index contributed by atoms with van der Waals surface area (Å²) in [6, 6.07) is 15.7. The fraction of sp³-hybridized carbons (Fsp3) is 0.0556. The van der Waals surface area contributed by atoms with Gasteiger partial charge in [-0.2, -0.15) is 5.26 Å². The molecular formula is C18H13N3O2. The maximum atomic E-state index is 12.5. The number of Topliss-reactive ketones (excluding diaryl/α,β-unsaturated/α-hetero) is 1. The standard InChI is InChI=1S/C18H13N3O2/c1-11-16(14-4-2-3-5-15(14)20-11)17(22)18(23)21-13-8-6-12(10-19)7-9-13/h2-9,20H,1H3,(H,21,23). The lowest BCUT2D eigenvalue weighted by Crippen LogP contribution is -2.23. The smallest absolute Gasteiger partial charge is 0.296 e. The largest absolute Gasteiger partial charge is 0.358 e. The fourth-order valence-corrected chi connectivity index (χ4v) is 2.50. The molecular weight excluding hydrogens is 290 g/mol. The Morgan fingerprint density at radius 2 is 1.78 bits per heavy atom. The number of anilines is 1. The molecule has 0 radical (unpaired) electrons. The fourth-order valence-electron chi connectivity index (χ4n) is 2.50. The van der Waals surface area contributed by atoms with Crippen LogP contribution in [0.15, 0.2) is 48.5 Å². The van der Waals surface area contributed by atoms with E-state index in [4.69, 9.17) is 5.26 Å². The van der Waals surface area contributed by atoms with Gasteiger partial charge in [0.15, 0.2) is 0 Å². The topological polar surface area (TPSA) is 85.8 Å². The number of amides is 1. The van der Waals surface area contributed by atoms with Crippen molar-refractivity contribution in [3.63, 3.8) is 0 Å². The van der Waals surface area contributed by atoms with Crippen molar-refractivity contribution in [2.24, 2.45) is 0 Å². The molecule has 112 valence electrons. The van der Waals surface area contributed by atoms with Crippen LogP contribution < -0.4 is 5.32 Å². The summed E-state index contributed by atoms with van der Waals surface area (Å²) in [7, 11) is 0. The second-order valence-corrected chi connectivity index (χ2v) is 5.14. The third-order valence-corrected chi connectivity index (χ3v) is 3.60. The Kier molecular flexibility index (Phi) is 3.65. The molecule has 3 rings (SSSR count). The van der Waals surface area contributed by atoms with Crippen LogP contribution in [0.3, 0.4) is 0 Å². The molecule has 5 heteroatoms. The number of benzene rings is 2. The first kappa shape index (κ1) is 14.5. The molecule has 0 unspecified atom stereocenters. The molecule has 0 bridgehead atoms. The maximum Gasteiger partial charge on any atom is 0.296 e. The highest BCUT2D eigenvalue weighted by Gasteiger charge is 2.22. The van der Waals surface area contributed by atoms with Crippen molar-refractivity contribution in [1.82, 2.24) is 4.98 Å². The van der Waals surface area contributed by atoms with Crippen molar-refractivity contribution in [1.29, 1.82) is 5.26 Å². The van der Waals surface area contributed by atoms with E-state index < -0.39 is 11.7 Å². The molecule has 0 aliphatic rings. The van der Waals surface area contributed by atoms with Crippen LogP contribution in [-0.4, -0.2) is 16.7 Å². The van der Waals surface area contributed by atoms with Gasteiger partial charge in [0.1, 0.15) is 0 Å². The molecule has 2 N–H and O–H groups in total. The number of nitriles is 1. The van der Waals surface area contributed by atoms with Gasteiger partial charge >= 0.3 is 0 Å². The highest BCUT2D eigenvalue weighted by atomic mass is 16.2. The Morgan fingerprint density at radius 1 is 1.09 bits per heavy atom. The number of hydrogen-bond donors (Lipinski definition) is 2. The lowest BCUT2D eigenvalue weighted by atomic mass is 10.1. The molecule has 5 nitrogen and oxygen atoms in total. The summed E-state index contributed by atoms with van der Waals surface area (Å²) in [5.41, 5.74) is 2.82. The third-order valence-electron chi connectivity index (χ3n) is 3.60. The summed E-state index contributed by atoms with van der Waals surface area (Å²) >= 11 is 0. The molecule has 1 heterocycles. The molecule has 23 heavy (non-hydrogen) atoms. The van der Waals surface area contributed by atoms with Crippen LogP contribution in [0.25, 0.3) is 10.9 Å². The number of carbonyl (C=O) groups excluding carboxylic acids is 2. The summed E-state index contributed by atoms with van der Waals surface area (Å²) in [6.45, 7) is 1.77. The number of ketones is 1. The molecule has 0 fully saturated rings. The Morgan fingerprint density at radius 3 is 2.48 bits per heavy atom. The number of aromatic nitrogens is 1. The lowest BCUT2D eigenvalue weighted by Gasteiger charge is -2.05. The Labute approximate surface area is 132 Å². The number of carbonyl (C=O) groups is 2. The van der Waals surface area contributed by atoms with Gasteiger partial charge < -0.3 is 10.3 Å². The molecule has 3 aromatic rings. The number of hydrogen-bond acceptors (Lipinski definition) is 3. The number of fused-ring (bicyclic) bond motifs is 1. The summed E-state index contributed by atoms with van der Waals surface area (Å²) < 4.78 is 0. The van der Waals surface area contributed by atoms with Crippen LogP contribution in [0.2, 0.25) is 0 Å². The first-order valence-corrected chi connectivity index (χ1v) is 7.03. The monoisotopic (exact) mass is 303 g/mol. The van der Waals surface area contributed by atoms with Crippen LogP contribution in [-0.2, 0) is 4.79 Å². The number of nitrogens with zero attached hydrogens (tertiary/aromatic N) is 1. The van der Waals surface area contributed by atoms with Gasteiger partial charge in [0.05, 0.1) is 17.2 Å². The van der Waals surface area contributed by atoms with Gasteiger partial charge in [0, 0.05) is 22.3 Å². The molecule has 0 saturated heterocycles. The Bertz CT molecular complexity index is 947. The number of aryl methyl sites for hydroxylation is 1. The molecule has 2 aromatic carbocycles. The molecule has 1 amide bonds. The van der Waals surface area contributed by atoms with Gasteiger partial charge in [0.25, 0.3) is 11.7 Å². The lowest BCUT2D eigenvalue weighted by molar-refractivity contribution is -0.112. The Hall–Kier alpha value is -3.39. The van der Waals surface area contributed by atoms with Gasteiger partial charge in [-0.15, -0.1) is 0 Å². The maximum absolute atomic E-state index is 12.5. The molecule has 0 aliphatic carbocycles. The van der Waals surface area contributed by atoms with E-state index in [0.717, 1.165) is 10.9 Å². The Balaban J connectivity index is 1.88. The zero-order valence-corrected chi connectivity index (χ0v) is 12.4. The van der Waals surface area contributed by atoms with E-state index in [1.807, 2.05) is 24.3 Å². The van der Waals surface area contributed by atoms with Gasteiger partial charge in [-0.3, -0.25) is 9.59 Å². The van der Waals surface area contributed by atoms with Gasteiger partial charge in [-0.25, -0.2) is 0 Å². The highest BCUT2D eigenvalue weighted by Crippen LogP contribution is 2.22. The van der Waals surface area contributed by atoms with Crippen LogP contribution in [0.1, 0.15) is 21.6 Å². The summed E-state index contributed by atoms with van der Waals surface area (Å²) in [4.78, 5) is 27.8. The van der Waals surface area contributed by atoms with Gasteiger partial charge in [0.2, 0.25) is 0 Å². The predicted octanol–water partition coefficient (Wildman–Crippen LogP) is 3.17. The second-order valence-electron chi connectivity index (χ2n) is 5.14. The molecule has 0 saturated carbocycles. The first-order chi connectivity index (χ1) is 11.1. The zero-order valence-electron chi connectivity index (χ0n) is 12.4. The van der Waals surface area contributed by atoms with Gasteiger partial charge in [-0.1, -0.05) is 18.2 Å². The van der Waals surface area contributed by atoms with E-state index in [0.29, 0.717) is 22.5 Å². The minimum Gasteiger partial charge on any atom is -0.358 e. The average molecular weight is 303 g/mol. The van der Waals surface area contributed by atoms with Crippen molar-refractivity contribution in [2.75, 3.05) is 5.32 Å². The molecule has 0 atom stereocenters. The molecule has 0 spiro atoms. The number of aromatic amines is 1. The SMILES string of the molecule is Cc1[nH]c2ccccc2c1C(=O)C(=O)Nc1ccc(C#N)cc1. The number of H-pyrrole nitrogens is 1. The van der Waals surface area contributed by atoms with Crippen LogP contribution in [0, 0.1) is 18.3 Å². The van der Waals surface area contributed by atoms with Crippen molar-refractivity contribution in [2.45, 2.75) is 6.92 Å². The van der Waals surface area contributed by atoms with Crippen molar-refractivity contribution >= 4 is 28.3 Å². The minimum atomic E-state index is -0.706. The van der Waals surface area contributed by atoms with Gasteiger partial charge in [-0.05, 0) is 37.3 Å². The number of rotatable bonds is 3. The van der Waals surface area contributed by atoms with E-state index in [-0.39, 0.29) is 0 Å². The molecule has 0 aliphatic heterocycles. The van der Waals surface area contributed by atoms with Crippen LogP contribution in [0.4, 0.5) is 5.69 Å². The number of para-hydroxylation sites is 1. The van der Waals surface area contributed by atoms with Crippen molar-refractivity contribution in [3.05, 3.63) is 65.4 Å². The molecule has 1 aromatic heterocycles. The van der Waals surface area contributed by atoms with E-state index in [9.17, 15) is 9.59 Å². The quantitative estimate of drug-likeness (QED) is 0.575. The minimum absolute atomic E-state index is 0.381.